The number of aryl methyl sites for hydroxylation is 1. The van der Waals surface area contributed by atoms with Gasteiger partial charge in [-0.05, 0) is 25.0 Å². The fraction of sp³-hybridized carbons (Fsp3) is 0.312. The van der Waals surface area contributed by atoms with Crippen molar-refractivity contribution < 1.29 is 19.1 Å². The van der Waals surface area contributed by atoms with Gasteiger partial charge in [-0.1, -0.05) is 29.5 Å². The van der Waals surface area contributed by atoms with Crippen LogP contribution in [0, 0.1) is 12.8 Å². The molecular weight excluding hydrogens is 316 g/mol. The molecule has 1 aromatic carbocycles. The minimum atomic E-state index is -0.449. The van der Waals surface area contributed by atoms with Crippen molar-refractivity contribution in [1.29, 1.82) is 0 Å². The number of para-hydroxylation sites is 1. The highest BCUT2D eigenvalue weighted by Gasteiger charge is 2.27. The Hall–Kier alpha value is -2.41. The Morgan fingerprint density at radius 2 is 2.17 bits per heavy atom. The van der Waals surface area contributed by atoms with E-state index in [9.17, 15) is 9.59 Å². The quantitative estimate of drug-likeness (QED) is 0.874. The summed E-state index contributed by atoms with van der Waals surface area (Å²) >= 11 is 1.11. The number of carbonyl (C=O) groups excluding carboxylic acids is 2. The molecule has 2 heterocycles. The van der Waals surface area contributed by atoms with Gasteiger partial charge in [-0.2, -0.15) is 0 Å². The Morgan fingerprint density at radius 1 is 1.39 bits per heavy atom. The third-order valence-electron chi connectivity index (χ3n) is 3.65. The summed E-state index contributed by atoms with van der Waals surface area (Å²) < 4.78 is 10.3. The molecule has 0 fully saturated rings. The molecule has 7 heteroatoms. The zero-order valence-corrected chi connectivity index (χ0v) is 13.6. The van der Waals surface area contributed by atoms with E-state index in [2.05, 4.69) is 15.0 Å². The van der Waals surface area contributed by atoms with Crippen LogP contribution >= 0.6 is 11.3 Å². The molecule has 1 atom stereocenters. The summed E-state index contributed by atoms with van der Waals surface area (Å²) in [6.07, 6.45) is 0.621. The second-order valence-corrected chi connectivity index (χ2v) is 6.23. The van der Waals surface area contributed by atoms with E-state index in [1.807, 2.05) is 24.3 Å². The number of nitrogens with zero attached hydrogens (tertiary/aromatic N) is 1. The summed E-state index contributed by atoms with van der Waals surface area (Å²) in [5.41, 5.74) is 1.56. The SMILES string of the molecule is COC(=O)c1sc(NC(=O)C2COc3ccccc3C2)nc1C. The molecule has 6 nitrogen and oxygen atoms in total. The molecule has 0 aliphatic carbocycles. The summed E-state index contributed by atoms with van der Waals surface area (Å²) in [6, 6.07) is 7.69. The number of aromatic nitrogens is 1. The van der Waals surface area contributed by atoms with Gasteiger partial charge in [0.1, 0.15) is 17.2 Å². The van der Waals surface area contributed by atoms with Gasteiger partial charge in [0, 0.05) is 0 Å². The second kappa shape index (κ2) is 6.37. The fourth-order valence-corrected chi connectivity index (χ4v) is 3.32. The van der Waals surface area contributed by atoms with Crippen molar-refractivity contribution in [2.24, 2.45) is 5.92 Å². The van der Waals surface area contributed by atoms with E-state index in [0.29, 0.717) is 28.7 Å². The summed E-state index contributed by atoms with van der Waals surface area (Å²) in [5, 5.41) is 3.16. The standard InChI is InChI=1S/C16H16N2O4S/c1-9-13(15(20)21-2)23-16(17-9)18-14(19)11-7-10-5-3-4-6-12(10)22-8-11/h3-6,11H,7-8H2,1-2H3,(H,17,18,19). The van der Waals surface area contributed by atoms with Gasteiger partial charge < -0.3 is 14.8 Å². The Balaban J connectivity index is 1.70. The first-order chi connectivity index (χ1) is 11.1. The maximum Gasteiger partial charge on any atom is 0.350 e. The summed E-state index contributed by atoms with van der Waals surface area (Å²) in [6.45, 7) is 2.04. The number of hydrogen-bond donors (Lipinski definition) is 1. The van der Waals surface area contributed by atoms with Crippen LogP contribution in [0.2, 0.25) is 0 Å². The number of ether oxygens (including phenoxy) is 2. The minimum Gasteiger partial charge on any atom is -0.492 e. The first kappa shape index (κ1) is 15.5. The predicted octanol–water partition coefficient (Wildman–Crippen LogP) is 2.43. The number of nitrogens with one attached hydrogen (secondary N) is 1. The number of amides is 1. The van der Waals surface area contributed by atoms with Gasteiger partial charge in [-0.25, -0.2) is 9.78 Å². The summed E-state index contributed by atoms with van der Waals surface area (Å²) in [4.78, 5) is 28.6. The van der Waals surface area contributed by atoms with Crippen molar-refractivity contribution in [3.8, 4) is 5.75 Å². The van der Waals surface area contributed by atoms with Crippen LogP contribution in [0.1, 0.15) is 20.9 Å². The lowest BCUT2D eigenvalue weighted by Gasteiger charge is -2.24. The van der Waals surface area contributed by atoms with Gasteiger partial charge in [0.2, 0.25) is 5.91 Å². The topological polar surface area (TPSA) is 77.5 Å². The molecular formula is C16H16N2O4S. The third-order valence-corrected chi connectivity index (χ3v) is 4.70. The first-order valence-corrected chi connectivity index (χ1v) is 7.97. The van der Waals surface area contributed by atoms with E-state index in [0.717, 1.165) is 22.6 Å². The van der Waals surface area contributed by atoms with Crippen LogP contribution in [-0.2, 0) is 16.0 Å². The lowest BCUT2D eigenvalue weighted by atomic mass is 9.96. The molecule has 0 saturated carbocycles. The highest BCUT2D eigenvalue weighted by atomic mass is 32.1. The summed E-state index contributed by atoms with van der Waals surface area (Å²) in [5.74, 6) is -0.0644. The number of esters is 1. The molecule has 3 rings (SSSR count). The van der Waals surface area contributed by atoms with Crippen molar-refractivity contribution in [3.63, 3.8) is 0 Å². The highest BCUT2D eigenvalue weighted by Crippen LogP contribution is 2.28. The Labute approximate surface area is 137 Å². The average molecular weight is 332 g/mol. The van der Waals surface area contributed by atoms with Gasteiger partial charge in [-0.15, -0.1) is 0 Å². The Kier molecular flexibility index (Phi) is 4.29. The second-order valence-electron chi connectivity index (χ2n) is 5.23. The number of carbonyl (C=O) groups is 2. The van der Waals surface area contributed by atoms with Crippen LogP contribution in [-0.4, -0.2) is 30.6 Å². The zero-order chi connectivity index (χ0) is 16.4. The molecule has 1 aliphatic rings. The van der Waals surface area contributed by atoms with Gasteiger partial charge in [0.15, 0.2) is 5.13 Å². The molecule has 0 saturated heterocycles. The average Bonchev–Trinajstić information content (AvgIpc) is 2.94. The van der Waals surface area contributed by atoms with Crippen LogP contribution in [0.25, 0.3) is 0 Å². The number of rotatable bonds is 3. The molecule has 1 amide bonds. The van der Waals surface area contributed by atoms with Crippen molar-refractivity contribution >= 4 is 28.3 Å². The first-order valence-electron chi connectivity index (χ1n) is 7.15. The third kappa shape index (κ3) is 3.19. The zero-order valence-electron chi connectivity index (χ0n) is 12.8. The van der Waals surface area contributed by atoms with Gasteiger partial charge in [0.25, 0.3) is 0 Å². The number of thiazole rings is 1. The van der Waals surface area contributed by atoms with Gasteiger partial charge >= 0.3 is 5.97 Å². The van der Waals surface area contributed by atoms with Crippen LogP contribution in [0.5, 0.6) is 5.75 Å². The molecule has 120 valence electrons. The fourth-order valence-electron chi connectivity index (χ4n) is 2.44. The van der Waals surface area contributed by atoms with Crippen molar-refractivity contribution in [2.45, 2.75) is 13.3 Å². The molecule has 2 aromatic rings. The molecule has 0 spiro atoms. The maximum atomic E-state index is 12.4. The van der Waals surface area contributed by atoms with E-state index >= 15 is 0 Å². The van der Waals surface area contributed by atoms with E-state index < -0.39 is 5.97 Å². The Morgan fingerprint density at radius 3 is 2.96 bits per heavy atom. The van der Waals surface area contributed by atoms with E-state index in [4.69, 9.17) is 4.74 Å². The van der Waals surface area contributed by atoms with Crippen LogP contribution in [0.15, 0.2) is 24.3 Å². The molecule has 23 heavy (non-hydrogen) atoms. The number of anilines is 1. The number of benzene rings is 1. The van der Waals surface area contributed by atoms with E-state index in [1.54, 1.807) is 6.92 Å². The predicted molar refractivity (Wildman–Crippen MR) is 86.0 cm³/mol. The molecule has 0 radical (unpaired) electrons. The monoisotopic (exact) mass is 332 g/mol. The maximum absolute atomic E-state index is 12.4. The highest BCUT2D eigenvalue weighted by molar-refractivity contribution is 7.17. The number of fused-ring (bicyclic) bond motifs is 1. The number of hydrogen-bond acceptors (Lipinski definition) is 6. The van der Waals surface area contributed by atoms with Crippen molar-refractivity contribution in [3.05, 3.63) is 40.4 Å². The lowest BCUT2D eigenvalue weighted by molar-refractivity contribution is -0.121. The minimum absolute atomic E-state index is 0.162. The van der Waals surface area contributed by atoms with Crippen LogP contribution in [0.3, 0.4) is 0 Å². The van der Waals surface area contributed by atoms with Crippen LogP contribution < -0.4 is 10.1 Å². The molecule has 0 bridgehead atoms. The van der Waals surface area contributed by atoms with E-state index in [1.165, 1.54) is 7.11 Å². The van der Waals surface area contributed by atoms with Gasteiger partial charge in [-0.3, -0.25) is 4.79 Å². The van der Waals surface area contributed by atoms with Crippen molar-refractivity contribution in [1.82, 2.24) is 4.98 Å². The van der Waals surface area contributed by atoms with Crippen molar-refractivity contribution in [2.75, 3.05) is 19.0 Å². The van der Waals surface area contributed by atoms with Crippen LogP contribution in [0.4, 0.5) is 5.13 Å². The molecule has 1 aromatic heterocycles. The number of methoxy groups -OCH3 is 1. The lowest BCUT2D eigenvalue weighted by Crippen LogP contribution is -2.32. The normalized spacial score (nSPS) is 16.2. The molecule has 1 N–H and O–H groups in total. The molecule has 1 unspecified atom stereocenters. The Bertz CT molecular complexity index is 756. The van der Waals surface area contributed by atoms with Gasteiger partial charge in [0.05, 0.1) is 18.7 Å². The van der Waals surface area contributed by atoms with E-state index in [-0.39, 0.29) is 11.8 Å². The summed E-state index contributed by atoms with van der Waals surface area (Å²) in [7, 11) is 1.32. The molecule has 1 aliphatic heterocycles. The smallest absolute Gasteiger partial charge is 0.350 e. The largest absolute Gasteiger partial charge is 0.492 e.